The highest BCUT2D eigenvalue weighted by Gasteiger charge is 2.14. The summed E-state index contributed by atoms with van der Waals surface area (Å²) < 4.78 is 7.09. The smallest absolute Gasteiger partial charge is 0.312 e. The average Bonchev–Trinajstić information content (AvgIpc) is 2.60. The Bertz CT molecular complexity index is 1140. The number of carbonyl (C=O) groups excluding carboxylic acids is 1. The second kappa shape index (κ2) is 7.87. The summed E-state index contributed by atoms with van der Waals surface area (Å²) >= 11 is 12.4. The molecule has 2 N–H and O–H groups in total. The van der Waals surface area contributed by atoms with E-state index in [2.05, 4.69) is 10.3 Å². The zero-order valence-corrected chi connectivity index (χ0v) is 15.9. The van der Waals surface area contributed by atoms with Crippen LogP contribution in [0.4, 0.5) is 5.69 Å². The van der Waals surface area contributed by atoms with Gasteiger partial charge in [-0.1, -0.05) is 23.2 Å². The monoisotopic (exact) mass is 421 g/mol. The molecular weight excluding hydrogens is 409 g/mol. The molecule has 28 heavy (non-hydrogen) atoms. The van der Waals surface area contributed by atoms with Crippen molar-refractivity contribution in [2.75, 3.05) is 5.32 Å². The number of aryl methyl sites for hydroxylation is 1. The van der Waals surface area contributed by atoms with E-state index in [1.54, 1.807) is 25.2 Å². The van der Waals surface area contributed by atoms with E-state index in [-0.39, 0.29) is 27.0 Å². The molecule has 0 atom stereocenters. The molecule has 0 bridgehead atoms. The van der Waals surface area contributed by atoms with Gasteiger partial charge in [-0.05, 0) is 24.3 Å². The molecule has 0 saturated heterocycles. The van der Waals surface area contributed by atoms with Gasteiger partial charge in [0.05, 0.1) is 27.3 Å². The maximum absolute atomic E-state index is 12.1. The zero-order chi connectivity index (χ0) is 20.4. The first-order valence-electron chi connectivity index (χ1n) is 7.88. The molecule has 0 radical (unpaired) electrons. The summed E-state index contributed by atoms with van der Waals surface area (Å²) in [5.41, 5.74) is 0.497. The molecule has 3 rings (SSSR count). The number of ether oxygens (including phenoxy) is 1. The minimum absolute atomic E-state index is 0.107. The number of benzene rings is 2. The molecular formula is C18H13Cl2N3O5. The van der Waals surface area contributed by atoms with E-state index < -0.39 is 18.3 Å². The lowest BCUT2D eigenvalue weighted by Gasteiger charge is -2.12. The molecule has 1 heterocycles. The van der Waals surface area contributed by atoms with E-state index in [9.17, 15) is 14.4 Å². The number of hydrogen-bond acceptors (Lipinski definition) is 5. The molecule has 0 aliphatic carbocycles. The molecule has 0 saturated carbocycles. The van der Waals surface area contributed by atoms with Crippen molar-refractivity contribution in [1.29, 1.82) is 0 Å². The number of hydrogen-bond donors (Lipinski definition) is 2. The SMILES string of the molecule is Cn1cnc2cc(Oc3c(Cl)cc(NC(=O)CC(=O)O)cc3Cl)ccc2c1=O. The van der Waals surface area contributed by atoms with Gasteiger partial charge in [-0.25, -0.2) is 4.98 Å². The highest BCUT2D eigenvalue weighted by molar-refractivity contribution is 6.37. The second-order valence-corrected chi connectivity index (χ2v) is 6.64. The van der Waals surface area contributed by atoms with Gasteiger partial charge in [0.2, 0.25) is 5.91 Å². The van der Waals surface area contributed by atoms with Crippen LogP contribution in [-0.2, 0) is 16.6 Å². The van der Waals surface area contributed by atoms with E-state index >= 15 is 0 Å². The first-order valence-corrected chi connectivity index (χ1v) is 8.64. The summed E-state index contributed by atoms with van der Waals surface area (Å²) in [5.74, 6) is -1.47. The number of nitrogens with zero attached hydrogens (tertiary/aromatic N) is 2. The van der Waals surface area contributed by atoms with Gasteiger partial charge in [0.1, 0.15) is 12.2 Å². The first-order chi connectivity index (χ1) is 13.2. The fourth-order valence-corrected chi connectivity index (χ4v) is 3.01. The van der Waals surface area contributed by atoms with Crippen LogP contribution >= 0.6 is 23.2 Å². The number of anilines is 1. The van der Waals surface area contributed by atoms with Crippen LogP contribution in [-0.4, -0.2) is 26.5 Å². The number of fused-ring (bicyclic) bond motifs is 1. The molecule has 1 amide bonds. The highest BCUT2D eigenvalue weighted by Crippen LogP contribution is 2.39. The van der Waals surface area contributed by atoms with Crippen molar-refractivity contribution in [3.63, 3.8) is 0 Å². The fraction of sp³-hybridized carbons (Fsp3) is 0.111. The standard InChI is InChI=1S/C18H13Cl2N3O5/c1-23-8-21-14-6-10(2-3-11(14)18(23)27)28-17-12(19)4-9(5-13(17)20)22-15(24)7-16(25)26/h2-6,8H,7H2,1H3,(H,22,24)(H,25,26). The minimum atomic E-state index is -1.26. The number of aromatic nitrogens is 2. The van der Waals surface area contributed by atoms with E-state index in [1.807, 2.05) is 0 Å². The number of rotatable bonds is 5. The molecule has 0 aliphatic heterocycles. The lowest BCUT2D eigenvalue weighted by Crippen LogP contribution is -2.16. The molecule has 8 nitrogen and oxygen atoms in total. The number of nitrogens with one attached hydrogen (secondary N) is 1. The number of amides is 1. The fourth-order valence-electron chi connectivity index (χ4n) is 2.44. The molecule has 1 aromatic heterocycles. The maximum atomic E-state index is 12.1. The van der Waals surface area contributed by atoms with Gasteiger partial charge in [-0.15, -0.1) is 0 Å². The Morgan fingerprint density at radius 2 is 1.89 bits per heavy atom. The number of carboxylic acid groups (broad SMARTS) is 1. The molecule has 2 aromatic carbocycles. The third kappa shape index (κ3) is 4.24. The summed E-state index contributed by atoms with van der Waals surface area (Å²) in [4.78, 5) is 38.4. The minimum Gasteiger partial charge on any atom is -0.481 e. The number of carbonyl (C=O) groups is 2. The van der Waals surface area contributed by atoms with Gasteiger partial charge in [0.25, 0.3) is 5.56 Å². The van der Waals surface area contributed by atoms with Crippen LogP contribution in [0.3, 0.4) is 0 Å². The van der Waals surface area contributed by atoms with Gasteiger partial charge in [0, 0.05) is 18.8 Å². The third-order valence-corrected chi connectivity index (χ3v) is 4.27. The van der Waals surface area contributed by atoms with Crippen LogP contribution in [0, 0.1) is 0 Å². The van der Waals surface area contributed by atoms with Crippen molar-refractivity contribution in [1.82, 2.24) is 9.55 Å². The van der Waals surface area contributed by atoms with E-state index in [1.165, 1.54) is 23.0 Å². The molecule has 0 spiro atoms. The van der Waals surface area contributed by atoms with Gasteiger partial charge in [-0.2, -0.15) is 0 Å². The summed E-state index contributed by atoms with van der Waals surface area (Å²) in [6, 6.07) is 7.52. The Labute approximate surface area is 168 Å². The van der Waals surface area contributed by atoms with Crippen LogP contribution in [0.15, 0.2) is 41.5 Å². The number of carboxylic acids is 1. The van der Waals surface area contributed by atoms with Crippen molar-refractivity contribution in [3.05, 3.63) is 57.1 Å². The normalized spacial score (nSPS) is 10.7. The third-order valence-electron chi connectivity index (χ3n) is 3.70. The Kier molecular flexibility index (Phi) is 5.53. The lowest BCUT2D eigenvalue weighted by molar-refractivity contribution is -0.139. The van der Waals surface area contributed by atoms with Crippen LogP contribution in [0.1, 0.15) is 6.42 Å². The molecule has 0 fully saturated rings. The number of halogens is 2. The van der Waals surface area contributed by atoms with Crippen LogP contribution in [0.5, 0.6) is 11.5 Å². The molecule has 10 heteroatoms. The Hall–Kier alpha value is -3.10. The van der Waals surface area contributed by atoms with E-state index in [0.717, 1.165) is 0 Å². The van der Waals surface area contributed by atoms with Gasteiger partial charge in [-0.3, -0.25) is 14.4 Å². The summed E-state index contributed by atoms with van der Waals surface area (Å²) in [6.07, 6.45) is 0.722. The van der Waals surface area contributed by atoms with Crippen LogP contribution < -0.4 is 15.6 Å². The van der Waals surface area contributed by atoms with Crippen molar-refractivity contribution >= 4 is 51.7 Å². The van der Waals surface area contributed by atoms with Crippen molar-refractivity contribution in [2.24, 2.45) is 7.05 Å². The quantitative estimate of drug-likeness (QED) is 0.610. The van der Waals surface area contributed by atoms with Crippen molar-refractivity contribution in [2.45, 2.75) is 6.42 Å². The molecule has 3 aromatic rings. The van der Waals surface area contributed by atoms with Crippen molar-refractivity contribution < 1.29 is 19.4 Å². The Morgan fingerprint density at radius 1 is 1.21 bits per heavy atom. The van der Waals surface area contributed by atoms with Crippen LogP contribution in [0.25, 0.3) is 10.9 Å². The van der Waals surface area contributed by atoms with Gasteiger partial charge >= 0.3 is 5.97 Å². The summed E-state index contributed by atoms with van der Waals surface area (Å²) in [7, 11) is 1.61. The van der Waals surface area contributed by atoms with E-state index in [4.69, 9.17) is 33.0 Å². The predicted octanol–water partition coefficient (Wildman–Crippen LogP) is 3.45. The second-order valence-electron chi connectivity index (χ2n) is 5.83. The first kappa shape index (κ1) is 19.7. The maximum Gasteiger partial charge on any atom is 0.312 e. The average molecular weight is 422 g/mol. The highest BCUT2D eigenvalue weighted by atomic mass is 35.5. The molecule has 144 valence electrons. The van der Waals surface area contributed by atoms with E-state index in [0.29, 0.717) is 16.7 Å². The molecule has 0 aliphatic rings. The van der Waals surface area contributed by atoms with Gasteiger partial charge in [0.15, 0.2) is 5.75 Å². The largest absolute Gasteiger partial charge is 0.481 e. The Morgan fingerprint density at radius 3 is 2.54 bits per heavy atom. The number of aliphatic carboxylic acids is 1. The van der Waals surface area contributed by atoms with Crippen LogP contribution in [0.2, 0.25) is 10.0 Å². The lowest BCUT2D eigenvalue weighted by atomic mass is 10.2. The Balaban J connectivity index is 1.87. The summed E-state index contributed by atoms with van der Waals surface area (Å²) in [6.45, 7) is 0. The van der Waals surface area contributed by atoms with Crippen molar-refractivity contribution in [3.8, 4) is 11.5 Å². The topological polar surface area (TPSA) is 111 Å². The zero-order valence-electron chi connectivity index (χ0n) is 14.4. The predicted molar refractivity (Wildman–Crippen MR) is 104 cm³/mol. The molecule has 0 unspecified atom stereocenters. The summed E-state index contributed by atoms with van der Waals surface area (Å²) in [5, 5.41) is 11.7. The van der Waals surface area contributed by atoms with Gasteiger partial charge < -0.3 is 19.7 Å².